The highest BCUT2D eigenvalue weighted by molar-refractivity contribution is 5.85. The summed E-state index contributed by atoms with van der Waals surface area (Å²) in [5.41, 5.74) is 5.85. The molecular formula is C12H23ClN2O2. The molecule has 0 radical (unpaired) electrons. The molecule has 0 unspecified atom stereocenters. The molecule has 1 amide bonds. The minimum Gasteiger partial charge on any atom is -0.364 e. The van der Waals surface area contributed by atoms with Gasteiger partial charge in [0.25, 0.3) is 0 Å². The van der Waals surface area contributed by atoms with Crippen LogP contribution in [0.5, 0.6) is 0 Å². The zero-order valence-corrected chi connectivity index (χ0v) is 11.2. The van der Waals surface area contributed by atoms with Gasteiger partial charge in [0.05, 0.1) is 6.10 Å². The van der Waals surface area contributed by atoms with Crippen LogP contribution in [-0.4, -0.2) is 31.2 Å². The summed E-state index contributed by atoms with van der Waals surface area (Å²) >= 11 is 0. The average molecular weight is 263 g/mol. The molecule has 3 N–H and O–H groups in total. The van der Waals surface area contributed by atoms with Crippen molar-refractivity contribution in [2.24, 2.45) is 11.1 Å². The van der Waals surface area contributed by atoms with Gasteiger partial charge in [0.2, 0.25) is 5.91 Å². The summed E-state index contributed by atoms with van der Waals surface area (Å²) in [6.07, 6.45) is 5.28. The van der Waals surface area contributed by atoms with Crippen LogP contribution in [-0.2, 0) is 9.53 Å². The van der Waals surface area contributed by atoms with Gasteiger partial charge in [-0.25, -0.2) is 0 Å². The summed E-state index contributed by atoms with van der Waals surface area (Å²) in [5.74, 6) is 0.0454. The van der Waals surface area contributed by atoms with Crippen molar-refractivity contribution in [1.29, 1.82) is 0 Å². The van der Waals surface area contributed by atoms with Crippen LogP contribution in [0.4, 0.5) is 0 Å². The maximum absolute atomic E-state index is 11.8. The number of halogens is 1. The Balaban J connectivity index is 0.00000144. The summed E-state index contributed by atoms with van der Waals surface area (Å²) in [6, 6.07) is 0. The fourth-order valence-electron chi connectivity index (χ4n) is 2.44. The third-order valence-electron chi connectivity index (χ3n) is 3.91. The topological polar surface area (TPSA) is 64.4 Å². The van der Waals surface area contributed by atoms with Gasteiger partial charge in [-0.2, -0.15) is 0 Å². The molecule has 17 heavy (non-hydrogen) atoms. The molecule has 1 aliphatic heterocycles. The predicted molar refractivity (Wildman–Crippen MR) is 69.2 cm³/mol. The van der Waals surface area contributed by atoms with E-state index in [4.69, 9.17) is 10.5 Å². The highest BCUT2D eigenvalue weighted by atomic mass is 35.5. The molecule has 100 valence electrons. The molecule has 1 saturated heterocycles. The molecule has 2 atom stereocenters. The minimum absolute atomic E-state index is 0. The summed E-state index contributed by atoms with van der Waals surface area (Å²) in [6.45, 7) is 3.54. The number of nitrogens with one attached hydrogen (secondary N) is 1. The molecule has 0 aromatic carbocycles. The summed E-state index contributed by atoms with van der Waals surface area (Å²) < 4.78 is 5.55. The summed E-state index contributed by atoms with van der Waals surface area (Å²) in [7, 11) is 0. The first-order valence-corrected chi connectivity index (χ1v) is 6.26. The van der Waals surface area contributed by atoms with Gasteiger partial charge in [0.15, 0.2) is 0 Å². The second-order valence-corrected chi connectivity index (χ2v) is 5.44. The van der Waals surface area contributed by atoms with E-state index in [1.807, 2.05) is 0 Å². The summed E-state index contributed by atoms with van der Waals surface area (Å²) in [5, 5.41) is 3.01. The van der Waals surface area contributed by atoms with Gasteiger partial charge in [-0.05, 0) is 31.1 Å². The lowest BCUT2D eigenvalue weighted by atomic mass is 9.70. The Morgan fingerprint density at radius 3 is 2.65 bits per heavy atom. The van der Waals surface area contributed by atoms with E-state index in [1.165, 1.54) is 19.3 Å². The second kappa shape index (κ2) is 6.03. The molecule has 2 fully saturated rings. The van der Waals surface area contributed by atoms with Crippen molar-refractivity contribution in [3.63, 3.8) is 0 Å². The van der Waals surface area contributed by atoms with Crippen LogP contribution in [0.25, 0.3) is 0 Å². The Morgan fingerprint density at radius 1 is 1.47 bits per heavy atom. The minimum atomic E-state index is -0.266. The van der Waals surface area contributed by atoms with Crippen molar-refractivity contribution in [1.82, 2.24) is 5.32 Å². The van der Waals surface area contributed by atoms with Gasteiger partial charge in [0, 0.05) is 13.1 Å². The molecule has 0 spiro atoms. The van der Waals surface area contributed by atoms with Crippen molar-refractivity contribution in [3.8, 4) is 0 Å². The number of carbonyl (C=O) groups excluding carboxylic acids is 1. The summed E-state index contributed by atoms with van der Waals surface area (Å²) in [4.78, 5) is 11.8. The van der Waals surface area contributed by atoms with Crippen molar-refractivity contribution in [2.75, 3.05) is 13.1 Å². The number of hydrogen-bond donors (Lipinski definition) is 2. The average Bonchev–Trinajstić information content (AvgIpc) is 2.71. The van der Waals surface area contributed by atoms with Crippen molar-refractivity contribution >= 4 is 18.3 Å². The number of amides is 1. The monoisotopic (exact) mass is 262 g/mol. The molecule has 1 saturated carbocycles. The zero-order chi connectivity index (χ0) is 11.6. The van der Waals surface area contributed by atoms with Crippen LogP contribution in [0.3, 0.4) is 0 Å². The van der Waals surface area contributed by atoms with Crippen LogP contribution in [0, 0.1) is 5.41 Å². The van der Waals surface area contributed by atoms with E-state index in [0.717, 1.165) is 19.4 Å². The van der Waals surface area contributed by atoms with E-state index in [9.17, 15) is 4.79 Å². The van der Waals surface area contributed by atoms with E-state index in [1.54, 1.807) is 0 Å². The Kier molecular flexibility index (Phi) is 5.22. The van der Waals surface area contributed by atoms with E-state index < -0.39 is 0 Å². The van der Waals surface area contributed by atoms with Crippen LogP contribution in [0.1, 0.15) is 39.0 Å². The largest absolute Gasteiger partial charge is 0.364 e. The Hall–Kier alpha value is -0.320. The Bertz CT molecular complexity index is 269. The van der Waals surface area contributed by atoms with Gasteiger partial charge in [0.1, 0.15) is 6.10 Å². The normalized spacial score (nSPS) is 30.2. The highest BCUT2D eigenvalue weighted by Gasteiger charge is 2.34. The predicted octanol–water partition coefficient (Wildman–Crippen LogP) is 1.22. The molecule has 5 heteroatoms. The molecule has 2 aliphatic rings. The van der Waals surface area contributed by atoms with E-state index >= 15 is 0 Å². The molecule has 0 aromatic heterocycles. The molecule has 1 aliphatic carbocycles. The van der Waals surface area contributed by atoms with Crippen molar-refractivity contribution in [3.05, 3.63) is 0 Å². The van der Waals surface area contributed by atoms with Gasteiger partial charge < -0.3 is 15.8 Å². The smallest absolute Gasteiger partial charge is 0.249 e. The Morgan fingerprint density at radius 2 is 2.18 bits per heavy atom. The van der Waals surface area contributed by atoms with Gasteiger partial charge in [-0.1, -0.05) is 13.3 Å². The number of ether oxygens (including phenoxy) is 1. The molecular weight excluding hydrogens is 240 g/mol. The molecule has 1 heterocycles. The quantitative estimate of drug-likeness (QED) is 0.801. The second-order valence-electron chi connectivity index (χ2n) is 5.44. The maximum Gasteiger partial charge on any atom is 0.249 e. The molecule has 0 aromatic rings. The molecule has 2 rings (SSSR count). The zero-order valence-electron chi connectivity index (χ0n) is 10.4. The molecule has 4 nitrogen and oxygen atoms in total. The SMILES string of the molecule is CC1(CNC(=O)[C@@H]2CC[C@H](CN)O2)CCC1.Cl. The fourth-order valence-corrected chi connectivity index (χ4v) is 2.44. The van der Waals surface area contributed by atoms with Crippen LogP contribution < -0.4 is 11.1 Å². The number of carbonyl (C=O) groups is 1. The van der Waals surface area contributed by atoms with Crippen LogP contribution in [0.2, 0.25) is 0 Å². The Labute approximate surface area is 109 Å². The van der Waals surface area contributed by atoms with E-state index in [-0.39, 0.29) is 30.5 Å². The first-order chi connectivity index (χ1) is 7.63. The lowest BCUT2D eigenvalue weighted by Crippen LogP contribution is -2.43. The third-order valence-corrected chi connectivity index (χ3v) is 3.91. The standard InChI is InChI=1S/C12H22N2O2.ClH/c1-12(5-2-6-12)8-14-11(15)10-4-3-9(7-13)16-10;/h9-10H,2-8,13H2,1H3,(H,14,15);1H/t9-,10+;/m1./s1. The van der Waals surface area contributed by atoms with Gasteiger partial charge >= 0.3 is 0 Å². The van der Waals surface area contributed by atoms with Crippen molar-refractivity contribution < 1.29 is 9.53 Å². The van der Waals surface area contributed by atoms with E-state index in [2.05, 4.69) is 12.2 Å². The number of hydrogen-bond acceptors (Lipinski definition) is 3. The van der Waals surface area contributed by atoms with Crippen molar-refractivity contribution in [2.45, 2.75) is 51.2 Å². The highest BCUT2D eigenvalue weighted by Crippen LogP contribution is 2.39. The third kappa shape index (κ3) is 3.57. The first-order valence-electron chi connectivity index (χ1n) is 6.26. The van der Waals surface area contributed by atoms with E-state index in [0.29, 0.717) is 12.0 Å². The maximum atomic E-state index is 11.8. The lowest BCUT2D eigenvalue weighted by Gasteiger charge is -2.38. The van der Waals surface area contributed by atoms with Gasteiger partial charge in [-0.3, -0.25) is 4.79 Å². The number of rotatable bonds is 4. The van der Waals surface area contributed by atoms with Gasteiger partial charge in [-0.15, -0.1) is 12.4 Å². The fraction of sp³-hybridized carbons (Fsp3) is 0.917. The first kappa shape index (κ1) is 14.7. The van der Waals surface area contributed by atoms with Crippen LogP contribution in [0.15, 0.2) is 0 Å². The number of nitrogens with two attached hydrogens (primary N) is 1. The lowest BCUT2D eigenvalue weighted by molar-refractivity contribution is -0.132. The molecule has 0 bridgehead atoms. The van der Waals surface area contributed by atoms with Crippen LogP contribution >= 0.6 is 12.4 Å².